The molecule has 1 fully saturated rings. The first-order chi connectivity index (χ1) is 15.6. The summed E-state index contributed by atoms with van der Waals surface area (Å²) < 4.78 is 16.1. The molecule has 1 aliphatic rings. The van der Waals surface area contributed by atoms with Crippen molar-refractivity contribution >= 4 is 22.9 Å². The minimum Gasteiger partial charge on any atom is -0.393 e. The molecule has 0 unspecified atom stereocenters. The van der Waals surface area contributed by atoms with Gasteiger partial charge in [0.05, 0.1) is 28.4 Å². The number of hydrogen-bond acceptors (Lipinski definition) is 5. The Labute approximate surface area is 184 Å². The van der Waals surface area contributed by atoms with Gasteiger partial charge in [-0.1, -0.05) is 12.1 Å². The summed E-state index contributed by atoms with van der Waals surface area (Å²) >= 11 is 0. The zero-order valence-corrected chi connectivity index (χ0v) is 17.3. The predicted octanol–water partition coefficient (Wildman–Crippen LogP) is 4.36. The van der Waals surface area contributed by atoms with Crippen LogP contribution in [0, 0.1) is 5.95 Å². The fourth-order valence-electron chi connectivity index (χ4n) is 4.29. The zero-order valence-electron chi connectivity index (χ0n) is 17.3. The molecular weight excluding hydrogens is 409 g/mol. The maximum atomic E-state index is 14.1. The maximum absolute atomic E-state index is 14.1. The number of anilines is 1. The molecule has 0 bridgehead atoms. The zero-order chi connectivity index (χ0) is 22.1. The van der Waals surface area contributed by atoms with Gasteiger partial charge in [-0.2, -0.15) is 4.39 Å². The van der Waals surface area contributed by atoms with Gasteiger partial charge in [0.2, 0.25) is 11.9 Å². The normalized spacial score (nSPS) is 18.6. The van der Waals surface area contributed by atoms with Crippen LogP contribution < -0.4 is 5.32 Å². The topological polar surface area (TPSA) is 92.9 Å². The number of carbonyl (C=O) groups excluding carboxylic acids is 1. The maximum Gasteiger partial charge on any atom is 0.258 e. The van der Waals surface area contributed by atoms with Crippen molar-refractivity contribution in [1.82, 2.24) is 19.5 Å². The van der Waals surface area contributed by atoms with E-state index >= 15 is 0 Å². The van der Waals surface area contributed by atoms with Crippen LogP contribution >= 0.6 is 0 Å². The molecule has 4 aromatic rings. The van der Waals surface area contributed by atoms with Crippen LogP contribution in [-0.2, 0) is 0 Å². The summed E-state index contributed by atoms with van der Waals surface area (Å²) in [7, 11) is 0. The van der Waals surface area contributed by atoms with Gasteiger partial charge < -0.3 is 9.67 Å². The number of rotatable bonds is 4. The number of pyridine rings is 2. The number of fused-ring (bicyclic) bond motifs is 1. The number of hydrogen-bond donors (Lipinski definition) is 2. The van der Waals surface area contributed by atoms with Crippen molar-refractivity contribution in [1.29, 1.82) is 0 Å². The molecule has 1 aromatic carbocycles. The molecule has 7 nitrogen and oxygen atoms in total. The summed E-state index contributed by atoms with van der Waals surface area (Å²) in [5.41, 5.74) is 2.64. The van der Waals surface area contributed by atoms with E-state index in [0.29, 0.717) is 17.2 Å². The van der Waals surface area contributed by atoms with E-state index in [4.69, 9.17) is 0 Å². The Balaban J connectivity index is 1.47. The van der Waals surface area contributed by atoms with Crippen molar-refractivity contribution in [3.05, 3.63) is 72.4 Å². The smallest absolute Gasteiger partial charge is 0.258 e. The molecule has 2 N–H and O–H groups in total. The fourth-order valence-corrected chi connectivity index (χ4v) is 4.29. The highest BCUT2D eigenvalue weighted by molar-refractivity contribution is 6.04. The van der Waals surface area contributed by atoms with Gasteiger partial charge in [0, 0.05) is 24.0 Å². The largest absolute Gasteiger partial charge is 0.393 e. The van der Waals surface area contributed by atoms with Crippen molar-refractivity contribution in [2.24, 2.45) is 0 Å². The first-order valence-electron chi connectivity index (χ1n) is 10.6. The number of carbonyl (C=O) groups is 1. The van der Waals surface area contributed by atoms with E-state index < -0.39 is 5.95 Å². The molecule has 0 atom stereocenters. The van der Waals surface area contributed by atoms with Gasteiger partial charge in [-0.3, -0.25) is 15.1 Å². The van der Waals surface area contributed by atoms with Crippen molar-refractivity contribution in [3.63, 3.8) is 0 Å². The average Bonchev–Trinajstić information content (AvgIpc) is 3.18. The van der Waals surface area contributed by atoms with Gasteiger partial charge in [0.1, 0.15) is 0 Å². The monoisotopic (exact) mass is 431 g/mol. The molecular formula is C24H22FN5O2. The molecule has 162 valence electrons. The number of nitrogens with one attached hydrogen (secondary N) is 1. The number of benzene rings is 1. The number of aromatic nitrogens is 4. The standard InChI is InChI=1S/C24H22FN5O2/c25-22-18(4-3-12-27-22)20-14-15(11-13-26-20)23(32)29-24-28-19-5-1-2-6-21(19)30(24)16-7-9-17(31)10-8-16/h1-6,11-14,16-17,31H,7-10H2,(H,28,29,32). The second-order valence-corrected chi connectivity index (χ2v) is 7.98. The molecule has 0 spiro atoms. The third-order valence-electron chi connectivity index (χ3n) is 5.91. The van der Waals surface area contributed by atoms with Crippen molar-refractivity contribution in [3.8, 4) is 11.3 Å². The van der Waals surface area contributed by atoms with Crippen LogP contribution in [0.4, 0.5) is 10.3 Å². The lowest BCUT2D eigenvalue weighted by Crippen LogP contribution is -2.23. The summed E-state index contributed by atoms with van der Waals surface area (Å²) in [6.07, 6.45) is 5.62. The minimum absolute atomic E-state index is 0.138. The number of halogens is 1. The second-order valence-electron chi connectivity index (χ2n) is 7.98. The highest BCUT2D eigenvalue weighted by Crippen LogP contribution is 2.34. The Kier molecular flexibility index (Phi) is 5.36. The molecule has 1 amide bonds. The van der Waals surface area contributed by atoms with E-state index in [9.17, 15) is 14.3 Å². The Morgan fingerprint density at radius 1 is 1.03 bits per heavy atom. The van der Waals surface area contributed by atoms with E-state index in [0.717, 1.165) is 36.7 Å². The molecule has 8 heteroatoms. The van der Waals surface area contributed by atoms with Gasteiger partial charge in [-0.05, 0) is 62.1 Å². The quantitative estimate of drug-likeness (QED) is 0.469. The molecule has 1 aliphatic carbocycles. The van der Waals surface area contributed by atoms with Crippen LogP contribution in [0.3, 0.4) is 0 Å². The third-order valence-corrected chi connectivity index (χ3v) is 5.91. The van der Waals surface area contributed by atoms with E-state index in [1.807, 2.05) is 24.3 Å². The van der Waals surface area contributed by atoms with Gasteiger partial charge in [0.25, 0.3) is 5.91 Å². The van der Waals surface area contributed by atoms with E-state index in [-0.39, 0.29) is 23.6 Å². The van der Waals surface area contributed by atoms with Gasteiger partial charge in [-0.25, -0.2) is 9.97 Å². The Morgan fingerprint density at radius 3 is 2.66 bits per heavy atom. The molecule has 0 saturated heterocycles. The van der Waals surface area contributed by atoms with Crippen molar-refractivity contribution in [2.45, 2.75) is 37.8 Å². The van der Waals surface area contributed by atoms with Crippen LogP contribution in [0.25, 0.3) is 22.3 Å². The SMILES string of the molecule is O=C(Nc1nc2ccccc2n1C1CCC(O)CC1)c1ccnc(-c2cccnc2F)c1. The lowest BCUT2D eigenvalue weighted by atomic mass is 9.93. The number of para-hydroxylation sites is 2. The van der Waals surface area contributed by atoms with E-state index in [1.165, 1.54) is 12.4 Å². The predicted molar refractivity (Wildman–Crippen MR) is 119 cm³/mol. The molecule has 3 aromatic heterocycles. The first-order valence-corrected chi connectivity index (χ1v) is 10.6. The lowest BCUT2D eigenvalue weighted by Gasteiger charge is -2.28. The number of aliphatic hydroxyl groups excluding tert-OH is 1. The molecule has 0 radical (unpaired) electrons. The summed E-state index contributed by atoms with van der Waals surface area (Å²) in [6, 6.07) is 14.2. The number of amides is 1. The van der Waals surface area contributed by atoms with Crippen LogP contribution in [0.2, 0.25) is 0 Å². The van der Waals surface area contributed by atoms with Crippen LogP contribution in [0.1, 0.15) is 42.1 Å². The molecule has 3 heterocycles. The number of aliphatic hydroxyl groups is 1. The second kappa shape index (κ2) is 8.47. The van der Waals surface area contributed by atoms with Crippen LogP contribution in [0.5, 0.6) is 0 Å². The highest BCUT2D eigenvalue weighted by atomic mass is 19.1. The fraction of sp³-hybridized carbons (Fsp3) is 0.250. The van der Waals surface area contributed by atoms with Crippen molar-refractivity contribution < 1.29 is 14.3 Å². The Morgan fingerprint density at radius 2 is 1.84 bits per heavy atom. The first kappa shape index (κ1) is 20.3. The highest BCUT2D eigenvalue weighted by Gasteiger charge is 2.25. The lowest BCUT2D eigenvalue weighted by molar-refractivity contribution is 0.102. The molecule has 32 heavy (non-hydrogen) atoms. The third kappa shape index (κ3) is 3.85. The molecule has 0 aliphatic heterocycles. The van der Waals surface area contributed by atoms with E-state index in [1.54, 1.807) is 24.3 Å². The number of imidazole rings is 1. The van der Waals surface area contributed by atoms with Crippen molar-refractivity contribution in [2.75, 3.05) is 5.32 Å². The molecule has 1 saturated carbocycles. The Hall–Kier alpha value is -3.65. The van der Waals surface area contributed by atoms with Gasteiger partial charge in [0.15, 0.2) is 0 Å². The Bertz CT molecular complexity index is 1280. The minimum atomic E-state index is -0.640. The van der Waals surface area contributed by atoms with Gasteiger partial charge in [-0.15, -0.1) is 0 Å². The molecule has 5 rings (SSSR count). The summed E-state index contributed by atoms with van der Waals surface area (Å²) in [5, 5.41) is 12.8. The van der Waals surface area contributed by atoms with Gasteiger partial charge >= 0.3 is 0 Å². The number of nitrogens with zero attached hydrogens (tertiary/aromatic N) is 4. The average molecular weight is 431 g/mol. The van der Waals surface area contributed by atoms with E-state index in [2.05, 4.69) is 24.8 Å². The summed E-state index contributed by atoms with van der Waals surface area (Å²) in [6.45, 7) is 0. The van der Waals surface area contributed by atoms with Crippen LogP contribution in [0.15, 0.2) is 60.9 Å². The summed E-state index contributed by atoms with van der Waals surface area (Å²) in [4.78, 5) is 25.6. The summed E-state index contributed by atoms with van der Waals surface area (Å²) in [5.74, 6) is -0.535. The van der Waals surface area contributed by atoms with Crippen LogP contribution in [-0.4, -0.2) is 36.6 Å².